The maximum absolute atomic E-state index is 12.7. The van der Waals surface area contributed by atoms with Gasteiger partial charge in [-0.3, -0.25) is 4.79 Å². The van der Waals surface area contributed by atoms with E-state index in [1.54, 1.807) is 0 Å². The first-order valence-electron chi connectivity index (χ1n) is 9.39. The molecule has 156 valence electrons. The predicted octanol–water partition coefficient (Wildman–Crippen LogP) is 3.07. The fraction of sp³-hybridized carbons (Fsp3) is 0.381. The number of amides is 1. The van der Waals surface area contributed by atoms with Crippen LogP contribution < -0.4 is 5.32 Å². The van der Waals surface area contributed by atoms with E-state index in [0.29, 0.717) is 30.3 Å². The summed E-state index contributed by atoms with van der Waals surface area (Å²) in [6.45, 7) is 1.74. The topological polar surface area (TPSA) is 75.7 Å². The number of nitrogens with one attached hydrogen (secondary N) is 1. The number of sulfonamides is 1. The van der Waals surface area contributed by atoms with Crippen molar-refractivity contribution >= 4 is 27.5 Å². The Bertz CT molecular complexity index is 951. The molecule has 1 saturated heterocycles. The summed E-state index contributed by atoms with van der Waals surface area (Å²) in [4.78, 5) is 12.8. The van der Waals surface area contributed by atoms with Crippen molar-refractivity contribution in [1.29, 1.82) is 0 Å². The molecule has 0 spiro atoms. The van der Waals surface area contributed by atoms with E-state index in [1.807, 2.05) is 24.3 Å². The van der Waals surface area contributed by atoms with E-state index < -0.39 is 10.0 Å². The summed E-state index contributed by atoms with van der Waals surface area (Å²) in [5.41, 5.74) is 1.33. The van der Waals surface area contributed by atoms with Crippen LogP contribution in [0.25, 0.3) is 0 Å². The number of hydrogen-bond acceptors (Lipinski definition) is 4. The van der Waals surface area contributed by atoms with Gasteiger partial charge in [0.25, 0.3) is 5.91 Å². The molecular weight excluding hydrogens is 412 g/mol. The first-order chi connectivity index (χ1) is 13.7. The van der Waals surface area contributed by atoms with Gasteiger partial charge in [-0.25, -0.2) is 12.7 Å². The van der Waals surface area contributed by atoms with Gasteiger partial charge in [-0.05, 0) is 54.8 Å². The van der Waals surface area contributed by atoms with Crippen LogP contribution in [-0.2, 0) is 20.2 Å². The normalized spacial score (nSPS) is 16.6. The molecule has 1 heterocycles. The van der Waals surface area contributed by atoms with Gasteiger partial charge in [0.2, 0.25) is 10.0 Å². The van der Waals surface area contributed by atoms with Gasteiger partial charge in [0, 0.05) is 49.9 Å². The SMILES string of the molecule is CN(C)S(=O)(=O)c1ccc(C(=O)NCC2(c3ccc(Cl)cc3)CCOCC2)cc1. The predicted molar refractivity (Wildman–Crippen MR) is 113 cm³/mol. The maximum Gasteiger partial charge on any atom is 0.251 e. The highest BCUT2D eigenvalue weighted by molar-refractivity contribution is 7.89. The molecule has 0 aromatic heterocycles. The van der Waals surface area contributed by atoms with Crippen molar-refractivity contribution in [2.24, 2.45) is 0 Å². The summed E-state index contributed by atoms with van der Waals surface area (Å²) in [5, 5.41) is 3.69. The highest BCUT2D eigenvalue weighted by Crippen LogP contribution is 2.35. The molecular formula is C21H25ClN2O4S. The zero-order chi connectivity index (χ0) is 21.1. The first kappa shape index (κ1) is 21.8. The van der Waals surface area contributed by atoms with Gasteiger partial charge >= 0.3 is 0 Å². The van der Waals surface area contributed by atoms with Crippen LogP contribution >= 0.6 is 11.6 Å². The molecule has 6 nitrogen and oxygen atoms in total. The monoisotopic (exact) mass is 436 g/mol. The minimum absolute atomic E-state index is 0.154. The molecule has 0 saturated carbocycles. The molecule has 1 N–H and O–H groups in total. The van der Waals surface area contributed by atoms with Crippen LogP contribution in [0, 0.1) is 0 Å². The number of carbonyl (C=O) groups is 1. The zero-order valence-corrected chi connectivity index (χ0v) is 18.1. The van der Waals surface area contributed by atoms with Crippen LogP contribution in [0.2, 0.25) is 5.02 Å². The van der Waals surface area contributed by atoms with Crippen molar-refractivity contribution in [3.8, 4) is 0 Å². The third-order valence-electron chi connectivity index (χ3n) is 5.39. The second-order valence-electron chi connectivity index (χ2n) is 7.39. The van der Waals surface area contributed by atoms with Crippen molar-refractivity contribution in [3.63, 3.8) is 0 Å². The number of hydrogen-bond donors (Lipinski definition) is 1. The Morgan fingerprint density at radius 1 is 1.07 bits per heavy atom. The molecule has 0 unspecified atom stereocenters. The third kappa shape index (κ3) is 4.80. The molecule has 29 heavy (non-hydrogen) atoms. The number of carbonyl (C=O) groups excluding carboxylic acids is 1. The van der Waals surface area contributed by atoms with Gasteiger partial charge in [0.1, 0.15) is 0 Å². The third-order valence-corrected chi connectivity index (χ3v) is 7.47. The van der Waals surface area contributed by atoms with Crippen LogP contribution in [0.1, 0.15) is 28.8 Å². The summed E-state index contributed by atoms with van der Waals surface area (Å²) in [7, 11) is -0.577. The molecule has 0 radical (unpaired) electrons. The number of benzene rings is 2. The smallest absolute Gasteiger partial charge is 0.251 e. The molecule has 1 aliphatic rings. The van der Waals surface area contributed by atoms with E-state index in [4.69, 9.17) is 16.3 Å². The van der Waals surface area contributed by atoms with Crippen molar-refractivity contribution in [3.05, 3.63) is 64.7 Å². The van der Waals surface area contributed by atoms with E-state index >= 15 is 0 Å². The number of rotatable bonds is 6. The lowest BCUT2D eigenvalue weighted by molar-refractivity contribution is 0.0487. The number of halogens is 1. The van der Waals surface area contributed by atoms with Crippen molar-refractivity contribution in [2.75, 3.05) is 33.9 Å². The van der Waals surface area contributed by atoms with E-state index in [-0.39, 0.29) is 16.2 Å². The van der Waals surface area contributed by atoms with Crippen LogP contribution in [0.3, 0.4) is 0 Å². The highest BCUT2D eigenvalue weighted by atomic mass is 35.5. The van der Waals surface area contributed by atoms with Gasteiger partial charge < -0.3 is 10.1 Å². The molecule has 2 aromatic carbocycles. The molecule has 1 fully saturated rings. The van der Waals surface area contributed by atoms with E-state index in [9.17, 15) is 13.2 Å². The Labute approximate surface area is 176 Å². The second kappa shape index (κ2) is 8.83. The molecule has 0 aliphatic carbocycles. The number of ether oxygens (including phenoxy) is 1. The summed E-state index contributed by atoms with van der Waals surface area (Å²) < 4.78 is 31.0. The summed E-state index contributed by atoms with van der Waals surface area (Å²) in [6, 6.07) is 13.7. The Morgan fingerprint density at radius 2 is 1.66 bits per heavy atom. The fourth-order valence-corrected chi connectivity index (χ4v) is 4.50. The molecule has 1 amide bonds. The Balaban J connectivity index is 1.74. The zero-order valence-electron chi connectivity index (χ0n) is 16.5. The summed E-state index contributed by atoms with van der Waals surface area (Å²) in [5.74, 6) is -0.237. The lowest BCUT2D eigenvalue weighted by Gasteiger charge is -2.38. The number of nitrogens with zero attached hydrogens (tertiary/aromatic N) is 1. The first-order valence-corrected chi connectivity index (χ1v) is 11.2. The summed E-state index contributed by atoms with van der Waals surface area (Å²) >= 11 is 6.03. The van der Waals surface area contributed by atoms with Crippen LogP contribution in [-0.4, -0.2) is 52.5 Å². The lowest BCUT2D eigenvalue weighted by atomic mass is 9.74. The van der Waals surface area contributed by atoms with Crippen molar-refractivity contribution < 1.29 is 17.9 Å². The lowest BCUT2D eigenvalue weighted by Crippen LogP contribution is -2.44. The molecule has 0 atom stereocenters. The van der Waals surface area contributed by atoms with E-state index in [0.717, 1.165) is 22.7 Å². The second-order valence-corrected chi connectivity index (χ2v) is 9.98. The molecule has 2 aromatic rings. The van der Waals surface area contributed by atoms with Gasteiger partial charge in [-0.15, -0.1) is 0 Å². The summed E-state index contributed by atoms with van der Waals surface area (Å²) in [6.07, 6.45) is 1.60. The molecule has 3 rings (SSSR count). The maximum atomic E-state index is 12.7. The van der Waals surface area contributed by atoms with Gasteiger partial charge in [-0.2, -0.15) is 0 Å². The van der Waals surface area contributed by atoms with Crippen LogP contribution in [0.15, 0.2) is 53.4 Å². The van der Waals surface area contributed by atoms with Crippen molar-refractivity contribution in [2.45, 2.75) is 23.2 Å². The molecule has 8 heteroatoms. The van der Waals surface area contributed by atoms with E-state index in [1.165, 1.54) is 38.4 Å². The van der Waals surface area contributed by atoms with Crippen molar-refractivity contribution in [1.82, 2.24) is 9.62 Å². The average molecular weight is 437 g/mol. The van der Waals surface area contributed by atoms with Gasteiger partial charge in [-0.1, -0.05) is 23.7 Å². The Hall–Kier alpha value is -1.93. The fourth-order valence-electron chi connectivity index (χ4n) is 3.47. The standard InChI is InChI=1S/C21H25ClN2O4S/c1-24(2)29(26,27)19-9-3-16(4-10-19)20(25)23-15-21(11-13-28-14-12-21)17-5-7-18(22)8-6-17/h3-10H,11-15H2,1-2H3,(H,23,25). The quantitative estimate of drug-likeness (QED) is 0.755. The Kier molecular flexibility index (Phi) is 6.63. The van der Waals surface area contributed by atoms with E-state index in [2.05, 4.69) is 5.32 Å². The van der Waals surface area contributed by atoms with Gasteiger partial charge in [0.05, 0.1) is 4.90 Å². The Morgan fingerprint density at radius 3 is 2.21 bits per heavy atom. The minimum Gasteiger partial charge on any atom is -0.381 e. The largest absolute Gasteiger partial charge is 0.381 e. The highest BCUT2D eigenvalue weighted by Gasteiger charge is 2.35. The molecule has 1 aliphatic heterocycles. The van der Waals surface area contributed by atoms with Crippen LogP contribution in [0.5, 0.6) is 0 Å². The van der Waals surface area contributed by atoms with Gasteiger partial charge in [0.15, 0.2) is 0 Å². The minimum atomic E-state index is -3.52. The van der Waals surface area contributed by atoms with Crippen LogP contribution in [0.4, 0.5) is 0 Å². The molecule has 0 bridgehead atoms. The average Bonchev–Trinajstić information content (AvgIpc) is 2.73.